The highest BCUT2D eigenvalue weighted by atomic mass is 127. The van der Waals surface area contributed by atoms with E-state index in [-0.39, 0.29) is 29.4 Å². The summed E-state index contributed by atoms with van der Waals surface area (Å²) in [4.78, 5) is 4.94. The van der Waals surface area contributed by atoms with Crippen LogP contribution in [0.4, 0.5) is 0 Å². The van der Waals surface area contributed by atoms with Gasteiger partial charge in [-0.2, -0.15) is 0 Å². The standard InChI is InChI=1S/C21H33N3O3.HI/c1-3-5-6-11-23-20(22-4-2)24-15-21(9-12-25-13-10-21)17-7-8-18-19(14-17)27-16-26-18;/h7-8,14H,3-6,9-13,15-16H2,1-2H3,(H2,22,23,24);1H. The molecular formula is C21H34IN3O3. The Balaban J connectivity index is 0.00000280. The number of aliphatic imine (C=N–C) groups is 1. The summed E-state index contributed by atoms with van der Waals surface area (Å²) in [5, 5.41) is 6.84. The molecule has 0 spiro atoms. The monoisotopic (exact) mass is 503 g/mol. The number of nitrogens with zero attached hydrogens (tertiary/aromatic N) is 1. The maximum Gasteiger partial charge on any atom is 0.231 e. The largest absolute Gasteiger partial charge is 0.454 e. The highest BCUT2D eigenvalue weighted by molar-refractivity contribution is 14.0. The van der Waals surface area contributed by atoms with E-state index in [0.717, 1.165) is 63.1 Å². The molecular weight excluding hydrogens is 469 g/mol. The number of hydrogen-bond acceptors (Lipinski definition) is 4. The van der Waals surface area contributed by atoms with Gasteiger partial charge in [0.25, 0.3) is 0 Å². The summed E-state index contributed by atoms with van der Waals surface area (Å²) in [6, 6.07) is 6.31. The first-order chi connectivity index (χ1) is 13.3. The fourth-order valence-corrected chi connectivity index (χ4v) is 3.68. The third-order valence-electron chi connectivity index (χ3n) is 5.39. The van der Waals surface area contributed by atoms with Crippen LogP contribution in [0.5, 0.6) is 11.5 Å². The highest BCUT2D eigenvalue weighted by Gasteiger charge is 2.35. The molecule has 0 saturated carbocycles. The SMILES string of the molecule is CCCCCNC(=NCC1(c2ccc3c(c2)OCO3)CCOCC1)NCC.I. The smallest absolute Gasteiger partial charge is 0.231 e. The lowest BCUT2D eigenvalue weighted by Crippen LogP contribution is -2.41. The van der Waals surface area contributed by atoms with Gasteiger partial charge in [-0.3, -0.25) is 4.99 Å². The average molecular weight is 503 g/mol. The number of rotatable bonds is 8. The van der Waals surface area contributed by atoms with Crippen LogP contribution in [0.3, 0.4) is 0 Å². The number of guanidine groups is 1. The van der Waals surface area contributed by atoms with E-state index < -0.39 is 0 Å². The molecule has 0 aliphatic carbocycles. The van der Waals surface area contributed by atoms with Gasteiger partial charge in [-0.25, -0.2) is 0 Å². The third-order valence-corrected chi connectivity index (χ3v) is 5.39. The fraction of sp³-hybridized carbons (Fsp3) is 0.667. The molecule has 7 heteroatoms. The van der Waals surface area contributed by atoms with Crippen LogP contribution in [-0.2, 0) is 10.2 Å². The third kappa shape index (κ3) is 5.89. The first-order valence-electron chi connectivity index (χ1n) is 10.3. The second-order valence-electron chi connectivity index (χ2n) is 7.29. The van der Waals surface area contributed by atoms with Crippen molar-refractivity contribution in [2.45, 2.75) is 51.4 Å². The van der Waals surface area contributed by atoms with Crippen LogP contribution in [0, 0.1) is 0 Å². The van der Waals surface area contributed by atoms with Crippen molar-refractivity contribution in [3.05, 3.63) is 23.8 Å². The van der Waals surface area contributed by atoms with E-state index in [1.807, 2.05) is 6.07 Å². The Hall–Kier alpha value is -1.22. The van der Waals surface area contributed by atoms with Gasteiger partial charge in [0.2, 0.25) is 6.79 Å². The van der Waals surface area contributed by atoms with Gasteiger partial charge in [0.1, 0.15) is 0 Å². The van der Waals surface area contributed by atoms with E-state index in [9.17, 15) is 0 Å². The van der Waals surface area contributed by atoms with Crippen LogP contribution in [0.25, 0.3) is 0 Å². The molecule has 2 N–H and O–H groups in total. The van der Waals surface area contributed by atoms with Gasteiger partial charge in [0.15, 0.2) is 17.5 Å². The highest BCUT2D eigenvalue weighted by Crippen LogP contribution is 2.41. The molecule has 1 saturated heterocycles. The predicted octanol–water partition coefficient (Wildman–Crippen LogP) is 3.83. The molecule has 28 heavy (non-hydrogen) atoms. The molecule has 0 radical (unpaired) electrons. The molecule has 2 aliphatic rings. The van der Waals surface area contributed by atoms with Crippen molar-refractivity contribution in [3.8, 4) is 11.5 Å². The van der Waals surface area contributed by atoms with E-state index in [1.165, 1.54) is 24.8 Å². The summed E-state index contributed by atoms with van der Waals surface area (Å²) in [5.74, 6) is 2.57. The minimum Gasteiger partial charge on any atom is -0.454 e. The molecule has 3 rings (SSSR count). The number of hydrogen-bond donors (Lipinski definition) is 2. The zero-order chi connectivity index (χ0) is 19.0. The van der Waals surface area contributed by atoms with E-state index in [1.54, 1.807) is 0 Å². The molecule has 2 aliphatic heterocycles. The van der Waals surface area contributed by atoms with Crippen LogP contribution in [0.15, 0.2) is 23.2 Å². The summed E-state index contributed by atoms with van der Waals surface area (Å²) in [6.07, 6.45) is 5.56. The molecule has 0 aromatic heterocycles. The molecule has 0 atom stereocenters. The Morgan fingerprint density at radius 2 is 1.86 bits per heavy atom. The first kappa shape index (κ1) is 23.1. The van der Waals surface area contributed by atoms with Gasteiger partial charge >= 0.3 is 0 Å². The number of benzene rings is 1. The first-order valence-corrected chi connectivity index (χ1v) is 10.3. The number of fused-ring (bicyclic) bond motifs is 1. The molecule has 6 nitrogen and oxygen atoms in total. The Labute approximate surface area is 185 Å². The lowest BCUT2D eigenvalue weighted by Gasteiger charge is -2.36. The summed E-state index contributed by atoms with van der Waals surface area (Å²) < 4.78 is 16.7. The fourth-order valence-electron chi connectivity index (χ4n) is 3.68. The molecule has 158 valence electrons. The molecule has 1 fully saturated rings. The Morgan fingerprint density at radius 1 is 1.07 bits per heavy atom. The molecule has 0 unspecified atom stereocenters. The van der Waals surface area contributed by atoms with Crippen molar-refractivity contribution in [1.29, 1.82) is 0 Å². The Morgan fingerprint density at radius 3 is 2.61 bits per heavy atom. The van der Waals surface area contributed by atoms with Gasteiger partial charge in [-0.1, -0.05) is 25.8 Å². The van der Waals surface area contributed by atoms with Gasteiger partial charge in [0.05, 0.1) is 6.54 Å². The van der Waals surface area contributed by atoms with Crippen LogP contribution < -0.4 is 20.1 Å². The van der Waals surface area contributed by atoms with Crippen molar-refractivity contribution in [2.24, 2.45) is 4.99 Å². The van der Waals surface area contributed by atoms with Crippen LogP contribution >= 0.6 is 24.0 Å². The maximum atomic E-state index is 5.65. The summed E-state index contributed by atoms with van der Waals surface area (Å²) in [5.41, 5.74) is 1.24. The average Bonchev–Trinajstić information content (AvgIpc) is 3.18. The number of unbranched alkanes of at least 4 members (excludes halogenated alkanes) is 2. The zero-order valence-electron chi connectivity index (χ0n) is 17.1. The van der Waals surface area contributed by atoms with E-state index in [0.29, 0.717) is 6.79 Å². The van der Waals surface area contributed by atoms with Crippen molar-refractivity contribution in [1.82, 2.24) is 10.6 Å². The minimum absolute atomic E-state index is 0. The summed E-state index contributed by atoms with van der Waals surface area (Å²) in [6.45, 7) is 8.72. The van der Waals surface area contributed by atoms with Gasteiger partial charge in [-0.15, -0.1) is 24.0 Å². The van der Waals surface area contributed by atoms with Crippen molar-refractivity contribution in [2.75, 3.05) is 39.6 Å². The van der Waals surface area contributed by atoms with Crippen molar-refractivity contribution >= 4 is 29.9 Å². The molecule has 2 heterocycles. The van der Waals surface area contributed by atoms with Crippen molar-refractivity contribution in [3.63, 3.8) is 0 Å². The minimum atomic E-state index is -0.0228. The van der Waals surface area contributed by atoms with Crippen LogP contribution in [0.1, 0.15) is 51.5 Å². The lowest BCUT2D eigenvalue weighted by molar-refractivity contribution is 0.0530. The topological polar surface area (TPSA) is 64.1 Å². The summed E-state index contributed by atoms with van der Waals surface area (Å²) >= 11 is 0. The maximum absolute atomic E-state index is 5.65. The predicted molar refractivity (Wildman–Crippen MR) is 123 cm³/mol. The Bertz CT molecular complexity index is 633. The van der Waals surface area contributed by atoms with Gasteiger partial charge < -0.3 is 24.8 Å². The molecule has 1 aromatic rings. The van der Waals surface area contributed by atoms with Crippen LogP contribution in [0.2, 0.25) is 0 Å². The van der Waals surface area contributed by atoms with E-state index >= 15 is 0 Å². The van der Waals surface area contributed by atoms with E-state index in [2.05, 4.69) is 36.6 Å². The van der Waals surface area contributed by atoms with Crippen LogP contribution in [-0.4, -0.2) is 45.6 Å². The molecule has 1 aromatic carbocycles. The Kier molecular flexibility index (Phi) is 9.64. The second kappa shape index (κ2) is 11.7. The second-order valence-corrected chi connectivity index (χ2v) is 7.29. The normalized spacial score (nSPS) is 17.7. The number of halogens is 1. The van der Waals surface area contributed by atoms with Gasteiger partial charge in [0, 0.05) is 31.7 Å². The quantitative estimate of drug-likeness (QED) is 0.245. The lowest BCUT2D eigenvalue weighted by atomic mass is 9.74. The number of ether oxygens (including phenoxy) is 3. The van der Waals surface area contributed by atoms with Crippen molar-refractivity contribution < 1.29 is 14.2 Å². The van der Waals surface area contributed by atoms with Gasteiger partial charge in [-0.05, 0) is 43.9 Å². The molecule has 0 bridgehead atoms. The number of nitrogens with one attached hydrogen (secondary N) is 2. The van der Waals surface area contributed by atoms with E-state index in [4.69, 9.17) is 19.2 Å². The summed E-state index contributed by atoms with van der Waals surface area (Å²) in [7, 11) is 0. The zero-order valence-corrected chi connectivity index (χ0v) is 19.4. The molecule has 0 amide bonds.